The average molecular weight is 276 g/mol. The van der Waals surface area contributed by atoms with Crippen molar-refractivity contribution in [3.05, 3.63) is 30.1 Å². The maximum Gasteiger partial charge on any atom is 0.0677 e. The smallest absolute Gasteiger partial charge is 0.0677 e. The zero-order valence-corrected chi connectivity index (χ0v) is 12.3. The molecular formula is C16H24N2O2. The van der Waals surface area contributed by atoms with E-state index in [1.54, 1.807) is 0 Å². The van der Waals surface area contributed by atoms with E-state index in [1.807, 2.05) is 19.5 Å². The molecule has 0 N–H and O–H groups in total. The van der Waals surface area contributed by atoms with Gasteiger partial charge in [-0.2, -0.15) is 0 Å². The fraction of sp³-hybridized carbons (Fsp3) is 0.688. The van der Waals surface area contributed by atoms with Crippen LogP contribution < -0.4 is 0 Å². The van der Waals surface area contributed by atoms with Gasteiger partial charge in [0.15, 0.2) is 0 Å². The van der Waals surface area contributed by atoms with Crippen molar-refractivity contribution in [2.75, 3.05) is 33.4 Å². The number of hydrogen-bond donors (Lipinski definition) is 0. The third-order valence-corrected chi connectivity index (χ3v) is 4.65. The van der Waals surface area contributed by atoms with E-state index < -0.39 is 0 Å². The molecule has 0 saturated carbocycles. The molecule has 0 bridgehead atoms. The van der Waals surface area contributed by atoms with Crippen molar-refractivity contribution in [2.24, 2.45) is 5.41 Å². The maximum absolute atomic E-state index is 6.02. The quantitative estimate of drug-likeness (QED) is 0.843. The van der Waals surface area contributed by atoms with E-state index in [0.29, 0.717) is 6.10 Å². The topological polar surface area (TPSA) is 34.6 Å². The summed E-state index contributed by atoms with van der Waals surface area (Å²) in [5, 5.41) is 0. The first-order valence-electron chi connectivity index (χ1n) is 7.54. The van der Waals surface area contributed by atoms with Crippen LogP contribution in [0.5, 0.6) is 0 Å². The van der Waals surface area contributed by atoms with E-state index in [0.717, 1.165) is 45.7 Å². The van der Waals surface area contributed by atoms with Crippen molar-refractivity contribution in [3.8, 4) is 0 Å². The van der Waals surface area contributed by atoms with E-state index in [2.05, 4.69) is 22.0 Å². The summed E-state index contributed by atoms with van der Waals surface area (Å²) in [6.45, 7) is 4.91. The van der Waals surface area contributed by atoms with Crippen molar-refractivity contribution in [1.82, 2.24) is 9.88 Å². The number of piperidine rings is 1. The molecule has 110 valence electrons. The Kier molecular flexibility index (Phi) is 4.34. The monoisotopic (exact) mass is 276 g/mol. The number of fused-ring (bicyclic) bond motifs is 1. The van der Waals surface area contributed by atoms with Crippen LogP contribution in [0.2, 0.25) is 0 Å². The molecule has 1 aromatic heterocycles. The molecule has 2 unspecified atom stereocenters. The minimum absolute atomic E-state index is 0.193. The van der Waals surface area contributed by atoms with Crippen LogP contribution in [0.1, 0.15) is 24.8 Å². The molecule has 2 aliphatic heterocycles. The van der Waals surface area contributed by atoms with Gasteiger partial charge in [0.05, 0.1) is 12.7 Å². The Bertz CT molecular complexity index is 422. The van der Waals surface area contributed by atoms with Crippen LogP contribution in [0.15, 0.2) is 24.5 Å². The van der Waals surface area contributed by atoms with Crippen molar-refractivity contribution >= 4 is 0 Å². The number of aromatic nitrogens is 1. The molecule has 2 aliphatic rings. The lowest BCUT2D eigenvalue weighted by Gasteiger charge is -2.50. The van der Waals surface area contributed by atoms with E-state index in [1.165, 1.54) is 12.0 Å². The van der Waals surface area contributed by atoms with Gasteiger partial charge in [0.2, 0.25) is 0 Å². The summed E-state index contributed by atoms with van der Waals surface area (Å²) in [4.78, 5) is 6.63. The second-order valence-corrected chi connectivity index (χ2v) is 6.11. The molecule has 2 fully saturated rings. The van der Waals surface area contributed by atoms with Gasteiger partial charge in [0.25, 0.3) is 0 Å². The van der Waals surface area contributed by atoms with Crippen LogP contribution in [0.3, 0.4) is 0 Å². The first-order valence-corrected chi connectivity index (χ1v) is 7.54. The molecule has 2 saturated heterocycles. The van der Waals surface area contributed by atoms with Gasteiger partial charge >= 0.3 is 0 Å². The number of nitrogens with zero attached hydrogens (tertiary/aromatic N) is 2. The highest BCUT2D eigenvalue weighted by molar-refractivity contribution is 5.10. The highest BCUT2D eigenvalue weighted by Crippen LogP contribution is 2.40. The third-order valence-electron chi connectivity index (χ3n) is 4.65. The molecule has 0 aliphatic carbocycles. The molecule has 20 heavy (non-hydrogen) atoms. The summed E-state index contributed by atoms with van der Waals surface area (Å²) >= 11 is 0. The highest BCUT2D eigenvalue weighted by atomic mass is 16.5. The zero-order valence-electron chi connectivity index (χ0n) is 12.3. The first kappa shape index (κ1) is 14.0. The number of likely N-dealkylation sites (tertiary alicyclic amines) is 1. The number of rotatable bonds is 4. The van der Waals surface area contributed by atoms with Crippen LogP contribution in [-0.4, -0.2) is 49.4 Å². The fourth-order valence-corrected chi connectivity index (χ4v) is 3.76. The molecule has 0 spiro atoms. The number of ether oxygens (including phenoxy) is 2. The molecular weight excluding hydrogens is 252 g/mol. The van der Waals surface area contributed by atoms with Crippen LogP contribution in [0.25, 0.3) is 0 Å². The molecule has 3 heterocycles. The fourth-order valence-electron chi connectivity index (χ4n) is 3.76. The van der Waals surface area contributed by atoms with Gasteiger partial charge in [0, 0.05) is 51.2 Å². The van der Waals surface area contributed by atoms with Gasteiger partial charge in [-0.15, -0.1) is 0 Å². The molecule has 3 rings (SSSR count). The minimum atomic E-state index is 0.193. The van der Waals surface area contributed by atoms with Gasteiger partial charge in [-0.3, -0.25) is 9.88 Å². The first-order chi connectivity index (χ1) is 9.82. The standard InChI is InChI=1S/C16H24N2O2/c1-19-13-16-6-2-10-20-15(16)5-9-18(12-16)11-14-3-7-17-8-4-14/h3-4,7-8,15H,2,5-6,9-13H2,1H3. The molecule has 0 aromatic carbocycles. The van der Waals surface area contributed by atoms with Gasteiger partial charge < -0.3 is 9.47 Å². The van der Waals surface area contributed by atoms with Crippen LogP contribution in [0.4, 0.5) is 0 Å². The van der Waals surface area contributed by atoms with E-state index in [4.69, 9.17) is 9.47 Å². The molecule has 0 radical (unpaired) electrons. The number of hydrogen-bond acceptors (Lipinski definition) is 4. The van der Waals surface area contributed by atoms with E-state index >= 15 is 0 Å². The molecule has 0 amide bonds. The largest absolute Gasteiger partial charge is 0.384 e. The number of methoxy groups -OCH3 is 1. The summed E-state index contributed by atoms with van der Waals surface area (Å²) in [6.07, 6.45) is 7.62. The zero-order chi connectivity index (χ0) is 13.8. The molecule has 4 nitrogen and oxygen atoms in total. The highest BCUT2D eigenvalue weighted by Gasteiger charge is 2.45. The van der Waals surface area contributed by atoms with E-state index in [-0.39, 0.29) is 5.41 Å². The van der Waals surface area contributed by atoms with Gasteiger partial charge in [-0.1, -0.05) is 0 Å². The maximum atomic E-state index is 6.02. The van der Waals surface area contributed by atoms with E-state index in [9.17, 15) is 0 Å². The Balaban J connectivity index is 1.70. The minimum Gasteiger partial charge on any atom is -0.384 e. The normalized spacial score (nSPS) is 30.9. The van der Waals surface area contributed by atoms with Crippen molar-refractivity contribution < 1.29 is 9.47 Å². The predicted molar refractivity (Wildman–Crippen MR) is 77.4 cm³/mol. The Hall–Kier alpha value is -0.970. The molecule has 2 atom stereocenters. The lowest BCUT2D eigenvalue weighted by molar-refractivity contribution is -0.149. The van der Waals surface area contributed by atoms with Gasteiger partial charge in [0.1, 0.15) is 0 Å². The Morgan fingerprint density at radius 2 is 2.30 bits per heavy atom. The van der Waals surface area contributed by atoms with Gasteiger partial charge in [-0.25, -0.2) is 0 Å². The molecule has 1 aromatic rings. The predicted octanol–water partition coefficient (Wildman–Crippen LogP) is 2.10. The second-order valence-electron chi connectivity index (χ2n) is 6.11. The van der Waals surface area contributed by atoms with Crippen LogP contribution in [-0.2, 0) is 16.0 Å². The molecule has 4 heteroatoms. The Morgan fingerprint density at radius 1 is 1.45 bits per heavy atom. The summed E-state index contributed by atoms with van der Waals surface area (Å²) in [5.41, 5.74) is 1.53. The number of pyridine rings is 1. The summed E-state index contributed by atoms with van der Waals surface area (Å²) in [6, 6.07) is 4.21. The summed E-state index contributed by atoms with van der Waals surface area (Å²) < 4.78 is 11.5. The summed E-state index contributed by atoms with van der Waals surface area (Å²) in [5.74, 6) is 0. The Labute approximate surface area is 121 Å². The Morgan fingerprint density at radius 3 is 3.10 bits per heavy atom. The van der Waals surface area contributed by atoms with Crippen LogP contribution >= 0.6 is 0 Å². The third kappa shape index (κ3) is 2.87. The van der Waals surface area contributed by atoms with Crippen molar-refractivity contribution in [2.45, 2.75) is 31.9 Å². The summed E-state index contributed by atoms with van der Waals surface area (Å²) in [7, 11) is 1.81. The van der Waals surface area contributed by atoms with Gasteiger partial charge in [-0.05, 0) is 37.0 Å². The average Bonchev–Trinajstić information content (AvgIpc) is 2.48. The lowest BCUT2D eigenvalue weighted by atomic mass is 9.73. The SMILES string of the molecule is COCC12CCCOC1CCN(Cc1ccncc1)C2. The second kappa shape index (κ2) is 6.20. The van der Waals surface area contributed by atoms with Crippen molar-refractivity contribution in [1.29, 1.82) is 0 Å². The van der Waals surface area contributed by atoms with Crippen LogP contribution in [0, 0.1) is 5.41 Å². The lowest BCUT2D eigenvalue weighted by Crippen LogP contribution is -2.56. The van der Waals surface area contributed by atoms with Crippen molar-refractivity contribution in [3.63, 3.8) is 0 Å².